The molecule has 0 spiro atoms. The van der Waals surface area contributed by atoms with Crippen molar-refractivity contribution in [1.29, 1.82) is 0 Å². The van der Waals surface area contributed by atoms with Crippen LogP contribution in [0.15, 0.2) is 84.9 Å². The number of benzene rings is 3. The molecule has 0 N–H and O–H groups in total. The highest BCUT2D eigenvalue weighted by atomic mass is 16.7. The monoisotopic (exact) mass is 469 g/mol. The molecule has 2 atom stereocenters. The van der Waals surface area contributed by atoms with Crippen molar-refractivity contribution in [3.05, 3.63) is 107 Å². The molecule has 1 aliphatic heterocycles. The molecule has 0 bridgehead atoms. The largest absolute Gasteiger partial charge is 0.463 e. The Balaban J connectivity index is 1.78. The molecule has 0 unspecified atom stereocenters. The summed E-state index contributed by atoms with van der Waals surface area (Å²) in [5.41, 5.74) is 4.50. The lowest BCUT2D eigenvalue weighted by Gasteiger charge is -2.38. The Labute approximate surface area is 212 Å². The molecule has 0 amide bonds. The van der Waals surface area contributed by atoms with E-state index < -0.39 is 0 Å². The Hall–Kier alpha value is -2.40. The van der Waals surface area contributed by atoms with Crippen LogP contribution in [0.5, 0.6) is 0 Å². The van der Waals surface area contributed by atoms with Crippen LogP contribution >= 0.6 is 0 Å². The third kappa shape index (κ3) is 5.89. The molecule has 1 fully saturated rings. The van der Waals surface area contributed by atoms with Crippen LogP contribution < -0.4 is 0 Å². The van der Waals surface area contributed by atoms with Gasteiger partial charge in [0.1, 0.15) is 0 Å². The molecule has 1 saturated heterocycles. The summed E-state index contributed by atoms with van der Waals surface area (Å²) in [5.74, 6) is 0.172. The fourth-order valence-electron chi connectivity index (χ4n) is 5.10. The van der Waals surface area contributed by atoms with Crippen LogP contribution in [0.4, 0.5) is 0 Å². The first-order valence-corrected chi connectivity index (χ1v) is 12.9. The first kappa shape index (κ1) is 25.7. The van der Waals surface area contributed by atoms with Gasteiger partial charge in [0.25, 0.3) is 0 Å². The van der Waals surface area contributed by atoms with Crippen molar-refractivity contribution >= 4 is 7.12 Å². The molecule has 3 nitrogen and oxygen atoms in total. The van der Waals surface area contributed by atoms with Crippen LogP contribution in [0.1, 0.15) is 69.3 Å². The van der Waals surface area contributed by atoms with Crippen LogP contribution in [-0.4, -0.2) is 23.2 Å². The van der Waals surface area contributed by atoms with Gasteiger partial charge in [0.15, 0.2) is 0 Å². The van der Waals surface area contributed by atoms with E-state index in [0.29, 0.717) is 0 Å². The third-order valence-corrected chi connectivity index (χ3v) is 7.73. The average molecular weight is 469 g/mol. The lowest BCUT2D eigenvalue weighted by atomic mass is 9.64. The van der Waals surface area contributed by atoms with Gasteiger partial charge in [-0.05, 0) is 51.3 Å². The van der Waals surface area contributed by atoms with Crippen LogP contribution in [0.25, 0.3) is 0 Å². The van der Waals surface area contributed by atoms with Crippen molar-refractivity contribution in [3.63, 3.8) is 0 Å². The van der Waals surface area contributed by atoms with E-state index in [1.807, 2.05) is 0 Å². The van der Waals surface area contributed by atoms with Gasteiger partial charge in [0.05, 0.1) is 11.2 Å². The first-order chi connectivity index (χ1) is 16.7. The lowest BCUT2D eigenvalue weighted by molar-refractivity contribution is 0.00578. The van der Waals surface area contributed by atoms with Crippen molar-refractivity contribution in [2.45, 2.75) is 84.1 Å². The normalized spacial score (nSPS) is 18.5. The topological polar surface area (TPSA) is 21.7 Å². The van der Waals surface area contributed by atoms with Crippen molar-refractivity contribution in [2.24, 2.45) is 0 Å². The minimum absolute atomic E-state index is 0.134. The van der Waals surface area contributed by atoms with Crippen molar-refractivity contribution in [1.82, 2.24) is 4.90 Å². The zero-order valence-electron chi connectivity index (χ0n) is 22.2. The average Bonchev–Trinajstić information content (AvgIpc) is 3.04. The number of hydrogen-bond acceptors (Lipinski definition) is 3. The van der Waals surface area contributed by atoms with Crippen LogP contribution in [0, 0.1) is 6.92 Å². The molecular weight excluding hydrogens is 429 g/mol. The third-order valence-electron chi connectivity index (χ3n) is 7.73. The quantitative estimate of drug-likeness (QED) is 0.301. The number of rotatable bonds is 9. The fraction of sp³-hybridized carbons (Fsp3) is 0.419. The van der Waals surface area contributed by atoms with Gasteiger partial charge >= 0.3 is 7.12 Å². The van der Waals surface area contributed by atoms with Gasteiger partial charge in [-0.1, -0.05) is 104 Å². The highest BCUT2D eigenvalue weighted by Gasteiger charge is 2.55. The van der Waals surface area contributed by atoms with Gasteiger partial charge < -0.3 is 9.31 Å². The molecule has 35 heavy (non-hydrogen) atoms. The van der Waals surface area contributed by atoms with Crippen molar-refractivity contribution in [2.75, 3.05) is 0 Å². The minimum Gasteiger partial charge on any atom is -0.403 e. The summed E-state index contributed by atoms with van der Waals surface area (Å²) in [7, 11) is -0.274. The van der Waals surface area contributed by atoms with E-state index in [4.69, 9.17) is 9.31 Å². The molecule has 3 aromatic rings. The second-order valence-corrected chi connectivity index (χ2v) is 10.9. The molecule has 0 saturated carbocycles. The van der Waals surface area contributed by atoms with E-state index in [-0.39, 0.29) is 30.2 Å². The lowest BCUT2D eigenvalue weighted by Crippen LogP contribution is -2.41. The summed E-state index contributed by atoms with van der Waals surface area (Å²) in [6.45, 7) is 14.7. The molecule has 0 radical (unpaired) electrons. The molecule has 1 aliphatic rings. The van der Waals surface area contributed by atoms with Crippen LogP contribution in [-0.2, 0) is 22.4 Å². The Morgan fingerprint density at radius 3 is 1.71 bits per heavy atom. The Kier molecular flexibility index (Phi) is 7.85. The van der Waals surface area contributed by atoms with Gasteiger partial charge in [-0.2, -0.15) is 0 Å². The maximum Gasteiger partial charge on any atom is 0.463 e. The standard InChI is InChI=1S/C31H40BNO2/c1-7-28(32-34-30(3,4)31(5,6)35-32)29(27-20-14-15-24(2)21-27)33(22-25-16-10-8-11-17-25)23-26-18-12-9-13-19-26/h8-21,28-29H,7,22-23H2,1-6H3/t28-,29-/m1/s1. The van der Waals surface area contributed by atoms with Gasteiger partial charge in [0.2, 0.25) is 0 Å². The second kappa shape index (κ2) is 10.7. The molecule has 184 valence electrons. The van der Waals surface area contributed by atoms with E-state index in [1.54, 1.807) is 0 Å². The Morgan fingerprint density at radius 1 is 0.743 bits per heavy atom. The van der Waals surface area contributed by atoms with E-state index in [9.17, 15) is 0 Å². The second-order valence-electron chi connectivity index (χ2n) is 10.9. The summed E-state index contributed by atoms with van der Waals surface area (Å²) in [4.78, 5) is 2.61. The van der Waals surface area contributed by atoms with Crippen molar-refractivity contribution < 1.29 is 9.31 Å². The molecule has 3 aromatic carbocycles. The molecule has 4 rings (SSSR count). The molecular formula is C31H40BNO2. The Bertz CT molecular complexity index is 1030. The summed E-state index contributed by atoms with van der Waals surface area (Å²) in [6, 6.07) is 30.7. The SMILES string of the molecule is CC[C@@H](B1OC(C)(C)C(C)(C)O1)[C@@H](c1cccc(C)c1)N(Cc1ccccc1)Cc1ccccc1. The first-order valence-electron chi connectivity index (χ1n) is 12.9. The molecule has 0 aromatic heterocycles. The van der Waals surface area contributed by atoms with Gasteiger partial charge in [-0.15, -0.1) is 0 Å². The number of nitrogens with zero attached hydrogens (tertiary/aromatic N) is 1. The molecule has 0 aliphatic carbocycles. The highest BCUT2D eigenvalue weighted by Crippen LogP contribution is 2.47. The van der Waals surface area contributed by atoms with Crippen molar-refractivity contribution in [3.8, 4) is 0 Å². The molecule has 4 heteroatoms. The van der Waals surface area contributed by atoms with Gasteiger partial charge in [-0.25, -0.2) is 0 Å². The van der Waals surface area contributed by atoms with Gasteiger partial charge in [0, 0.05) is 24.9 Å². The summed E-state index contributed by atoms with van der Waals surface area (Å²) >= 11 is 0. The summed E-state index contributed by atoms with van der Waals surface area (Å²) in [5, 5.41) is 0. The van der Waals surface area contributed by atoms with E-state index in [1.165, 1.54) is 22.3 Å². The van der Waals surface area contributed by atoms with E-state index >= 15 is 0 Å². The van der Waals surface area contributed by atoms with Gasteiger partial charge in [-0.3, -0.25) is 4.90 Å². The molecule has 1 heterocycles. The van der Waals surface area contributed by atoms with E-state index in [2.05, 4.69) is 131 Å². The van der Waals surface area contributed by atoms with E-state index in [0.717, 1.165) is 19.5 Å². The maximum absolute atomic E-state index is 6.65. The number of aryl methyl sites for hydroxylation is 1. The minimum atomic E-state index is -0.355. The smallest absolute Gasteiger partial charge is 0.403 e. The zero-order chi connectivity index (χ0) is 25.1. The summed E-state index contributed by atoms with van der Waals surface area (Å²) in [6.07, 6.45) is 0.954. The summed E-state index contributed by atoms with van der Waals surface area (Å²) < 4.78 is 13.3. The zero-order valence-corrected chi connectivity index (χ0v) is 22.2. The number of hydrogen-bond donors (Lipinski definition) is 0. The predicted octanol–water partition coefficient (Wildman–Crippen LogP) is 7.61. The Morgan fingerprint density at radius 2 is 1.26 bits per heavy atom. The fourth-order valence-corrected chi connectivity index (χ4v) is 5.10. The van der Waals surface area contributed by atoms with Crippen LogP contribution in [0.2, 0.25) is 5.82 Å². The highest BCUT2D eigenvalue weighted by molar-refractivity contribution is 6.47. The van der Waals surface area contributed by atoms with Crippen LogP contribution in [0.3, 0.4) is 0 Å². The maximum atomic E-state index is 6.65. The predicted molar refractivity (Wildman–Crippen MR) is 146 cm³/mol.